The zero-order valence-electron chi connectivity index (χ0n) is 11.7. The van der Waals surface area contributed by atoms with Gasteiger partial charge in [-0.05, 0) is 19.3 Å². The van der Waals surface area contributed by atoms with E-state index in [1.54, 1.807) is 12.1 Å². The molecule has 20 heavy (non-hydrogen) atoms. The maximum absolute atomic E-state index is 12.2. The summed E-state index contributed by atoms with van der Waals surface area (Å²) in [7, 11) is 3.07. The summed E-state index contributed by atoms with van der Waals surface area (Å²) in [6.45, 7) is 1.58. The number of halogens is 1. The number of nitrogens with zero attached hydrogens (tertiary/aromatic N) is 1. The molecule has 0 radical (unpaired) electrons. The molecule has 1 fully saturated rings. The van der Waals surface area contributed by atoms with Crippen molar-refractivity contribution < 1.29 is 14.3 Å². The monoisotopic (exact) mass is 298 g/mol. The third kappa shape index (κ3) is 3.28. The van der Waals surface area contributed by atoms with Crippen molar-refractivity contribution in [1.29, 1.82) is 0 Å². The van der Waals surface area contributed by atoms with Gasteiger partial charge in [-0.15, -0.1) is 0 Å². The molecule has 110 valence electrons. The highest BCUT2D eigenvalue weighted by Crippen LogP contribution is 2.36. The van der Waals surface area contributed by atoms with Crippen LogP contribution >= 0.6 is 11.6 Å². The Hall–Kier alpha value is -1.62. The number of hydrogen-bond donors (Lipinski definition) is 1. The molecule has 0 aromatic heterocycles. The lowest BCUT2D eigenvalue weighted by Crippen LogP contribution is -2.38. The van der Waals surface area contributed by atoms with E-state index >= 15 is 0 Å². The second-order valence-electron chi connectivity index (χ2n) is 4.66. The molecular weight excluding hydrogens is 280 g/mol. The van der Waals surface area contributed by atoms with Crippen LogP contribution in [-0.4, -0.2) is 38.2 Å². The molecule has 1 aliphatic heterocycles. The molecule has 1 aliphatic rings. The van der Waals surface area contributed by atoms with Gasteiger partial charge in [0.15, 0.2) is 0 Å². The van der Waals surface area contributed by atoms with E-state index in [0.29, 0.717) is 22.2 Å². The Bertz CT molecular complexity index is 488. The number of benzene rings is 1. The summed E-state index contributed by atoms with van der Waals surface area (Å²) >= 11 is 6.04. The molecule has 1 N–H and O–H groups in total. The Morgan fingerprint density at radius 3 is 2.40 bits per heavy atom. The number of anilines is 1. The molecule has 0 atom stereocenters. The quantitative estimate of drug-likeness (QED) is 0.931. The first-order valence-electron chi connectivity index (χ1n) is 6.63. The molecule has 1 saturated heterocycles. The number of nitrogens with one attached hydrogen (secondary N) is 1. The van der Waals surface area contributed by atoms with Gasteiger partial charge in [-0.3, -0.25) is 0 Å². The first kappa shape index (κ1) is 14.8. The van der Waals surface area contributed by atoms with Crippen molar-refractivity contribution >= 4 is 23.3 Å². The maximum atomic E-state index is 12.2. The van der Waals surface area contributed by atoms with Crippen LogP contribution in [0, 0.1) is 0 Å². The third-order valence-electron chi connectivity index (χ3n) is 3.36. The van der Waals surface area contributed by atoms with Crippen LogP contribution in [0.25, 0.3) is 0 Å². The van der Waals surface area contributed by atoms with E-state index in [0.717, 1.165) is 25.9 Å². The van der Waals surface area contributed by atoms with Crippen molar-refractivity contribution in [2.24, 2.45) is 0 Å². The van der Waals surface area contributed by atoms with Gasteiger partial charge in [0, 0.05) is 25.2 Å². The smallest absolute Gasteiger partial charge is 0.321 e. The molecule has 1 aromatic carbocycles. The number of methoxy groups -OCH3 is 2. The first-order chi connectivity index (χ1) is 9.65. The molecule has 1 aromatic rings. The Kier molecular flexibility index (Phi) is 4.95. The highest BCUT2D eigenvalue weighted by Gasteiger charge is 2.19. The number of amides is 2. The summed E-state index contributed by atoms with van der Waals surface area (Å²) < 4.78 is 10.4. The summed E-state index contributed by atoms with van der Waals surface area (Å²) in [5, 5.41) is 3.30. The van der Waals surface area contributed by atoms with Crippen LogP contribution in [0.15, 0.2) is 12.1 Å². The van der Waals surface area contributed by atoms with Crippen LogP contribution in [-0.2, 0) is 0 Å². The van der Waals surface area contributed by atoms with Crippen LogP contribution in [0.3, 0.4) is 0 Å². The van der Waals surface area contributed by atoms with Gasteiger partial charge in [-0.1, -0.05) is 11.6 Å². The van der Waals surface area contributed by atoms with E-state index in [9.17, 15) is 4.79 Å². The summed E-state index contributed by atoms with van der Waals surface area (Å²) in [5.74, 6) is 1.02. The molecule has 6 heteroatoms. The first-order valence-corrected chi connectivity index (χ1v) is 7.01. The summed E-state index contributed by atoms with van der Waals surface area (Å²) in [6.07, 6.45) is 3.28. The van der Waals surface area contributed by atoms with Crippen molar-refractivity contribution in [3.05, 3.63) is 17.2 Å². The molecule has 2 rings (SSSR count). The molecule has 0 spiro atoms. The topological polar surface area (TPSA) is 50.8 Å². The Labute approximate surface area is 123 Å². The summed E-state index contributed by atoms with van der Waals surface area (Å²) in [4.78, 5) is 14.0. The number of carbonyl (C=O) groups excluding carboxylic acids is 1. The van der Waals surface area contributed by atoms with Gasteiger partial charge in [0.05, 0.1) is 24.9 Å². The van der Waals surface area contributed by atoms with Crippen molar-refractivity contribution in [3.63, 3.8) is 0 Å². The molecule has 0 saturated carbocycles. The lowest BCUT2D eigenvalue weighted by atomic mass is 10.1. The average Bonchev–Trinajstić information content (AvgIpc) is 2.49. The van der Waals surface area contributed by atoms with Gasteiger partial charge < -0.3 is 19.7 Å². The van der Waals surface area contributed by atoms with Crippen LogP contribution in [0.1, 0.15) is 19.3 Å². The number of rotatable bonds is 3. The Morgan fingerprint density at radius 1 is 1.15 bits per heavy atom. The maximum Gasteiger partial charge on any atom is 0.321 e. The van der Waals surface area contributed by atoms with E-state index < -0.39 is 0 Å². The number of likely N-dealkylation sites (tertiary alicyclic amines) is 1. The van der Waals surface area contributed by atoms with Crippen molar-refractivity contribution in [2.45, 2.75) is 19.3 Å². The van der Waals surface area contributed by atoms with E-state index in [4.69, 9.17) is 21.1 Å². The highest BCUT2D eigenvalue weighted by molar-refractivity contribution is 6.32. The molecule has 1 heterocycles. The van der Waals surface area contributed by atoms with Gasteiger partial charge in [-0.25, -0.2) is 4.79 Å². The fraction of sp³-hybridized carbons (Fsp3) is 0.500. The Balaban J connectivity index is 2.16. The van der Waals surface area contributed by atoms with Crippen LogP contribution in [0.2, 0.25) is 5.02 Å². The fourth-order valence-electron chi connectivity index (χ4n) is 2.25. The standard InChI is InChI=1S/C14H19ClN2O3/c1-19-12-9-11(13(20-2)8-10(12)15)16-14(18)17-6-4-3-5-7-17/h8-9H,3-7H2,1-2H3,(H,16,18). The van der Waals surface area contributed by atoms with E-state index in [1.165, 1.54) is 20.6 Å². The second-order valence-corrected chi connectivity index (χ2v) is 5.07. The van der Waals surface area contributed by atoms with E-state index in [-0.39, 0.29) is 6.03 Å². The lowest BCUT2D eigenvalue weighted by Gasteiger charge is -2.27. The summed E-state index contributed by atoms with van der Waals surface area (Å²) in [5.41, 5.74) is 0.560. The van der Waals surface area contributed by atoms with Crippen LogP contribution < -0.4 is 14.8 Å². The zero-order chi connectivity index (χ0) is 14.5. The number of piperidine rings is 1. The fourth-order valence-corrected chi connectivity index (χ4v) is 2.48. The van der Waals surface area contributed by atoms with Crippen LogP contribution in [0.4, 0.5) is 10.5 Å². The number of carbonyl (C=O) groups is 1. The van der Waals surface area contributed by atoms with Gasteiger partial charge in [0.25, 0.3) is 0 Å². The molecule has 5 nitrogen and oxygen atoms in total. The van der Waals surface area contributed by atoms with E-state index in [1.807, 2.05) is 4.90 Å². The zero-order valence-corrected chi connectivity index (χ0v) is 12.5. The SMILES string of the molecule is COc1cc(NC(=O)N2CCCCC2)c(OC)cc1Cl. The predicted octanol–water partition coefficient (Wildman–Crippen LogP) is 3.38. The van der Waals surface area contributed by atoms with Gasteiger partial charge in [-0.2, -0.15) is 0 Å². The number of hydrogen-bond acceptors (Lipinski definition) is 3. The minimum Gasteiger partial charge on any atom is -0.495 e. The predicted molar refractivity (Wildman–Crippen MR) is 79.0 cm³/mol. The largest absolute Gasteiger partial charge is 0.495 e. The van der Waals surface area contributed by atoms with Gasteiger partial charge in [0.2, 0.25) is 0 Å². The molecule has 0 aliphatic carbocycles. The minimum absolute atomic E-state index is 0.118. The van der Waals surface area contributed by atoms with Gasteiger partial charge in [0.1, 0.15) is 11.5 Å². The van der Waals surface area contributed by atoms with E-state index in [2.05, 4.69) is 5.32 Å². The normalized spacial score (nSPS) is 14.8. The molecule has 0 bridgehead atoms. The molecular formula is C14H19ClN2O3. The van der Waals surface area contributed by atoms with Crippen molar-refractivity contribution in [3.8, 4) is 11.5 Å². The Morgan fingerprint density at radius 2 is 1.80 bits per heavy atom. The second kappa shape index (κ2) is 6.70. The third-order valence-corrected chi connectivity index (χ3v) is 3.65. The minimum atomic E-state index is -0.118. The number of ether oxygens (including phenoxy) is 2. The summed E-state index contributed by atoms with van der Waals surface area (Å²) in [6, 6.07) is 3.18. The van der Waals surface area contributed by atoms with Crippen LogP contribution in [0.5, 0.6) is 11.5 Å². The highest BCUT2D eigenvalue weighted by atomic mass is 35.5. The number of urea groups is 1. The average molecular weight is 299 g/mol. The molecule has 2 amide bonds. The lowest BCUT2D eigenvalue weighted by molar-refractivity contribution is 0.200. The van der Waals surface area contributed by atoms with Gasteiger partial charge >= 0.3 is 6.03 Å². The molecule has 0 unspecified atom stereocenters. The van der Waals surface area contributed by atoms with Crippen molar-refractivity contribution in [2.75, 3.05) is 32.6 Å². The van der Waals surface area contributed by atoms with Crippen molar-refractivity contribution in [1.82, 2.24) is 4.90 Å².